The van der Waals surface area contributed by atoms with Gasteiger partial charge in [0.15, 0.2) is 5.78 Å². The number of methoxy groups -OCH3 is 1. The summed E-state index contributed by atoms with van der Waals surface area (Å²) in [6.07, 6.45) is 17.7. The first kappa shape index (κ1) is 27.7. The molecule has 0 amide bonds. The Morgan fingerprint density at radius 2 is 1.21 bits per heavy atom. The van der Waals surface area contributed by atoms with E-state index in [-0.39, 0.29) is 5.97 Å². The first-order chi connectivity index (χ1) is 14.1. The molecule has 0 fully saturated rings. The number of esters is 1. The molecule has 0 aromatic carbocycles. The molecule has 29 heavy (non-hydrogen) atoms. The third-order valence-electron chi connectivity index (χ3n) is 5.29. The topological polar surface area (TPSA) is 46.6 Å². The maximum Gasteiger partial charge on any atom is 0.305 e. The van der Waals surface area contributed by atoms with Crippen LogP contribution in [0.1, 0.15) is 117 Å². The van der Waals surface area contributed by atoms with Crippen molar-refractivity contribution >= 4 is 11.8 Å². The van der Waals surface area contributed by atoms with Gasteiger partial charge in [0, 0.05) is 37.7 Å². The molecule has 0 aliphatic carbocycles. The van der Waals surface area contributed by atoms with Crippen LogP contribution in [0.4, 0.5) is 0 Å². The lowest BCUT2D eigenvalue weighted by atomic mass is 10.0. The van der Waals surface area contributed by atoms with Crippen LogP contribution in [0.25, 0.3) is 0 Å². The van der Waals surface area contributed by atoms with Crippen molar-refractivity contribution in [3.8, 4) is 0 Å². The van der Waals surface area contributed by atoms with Crippen LogP contribution in [0, 0.1) is 0 Å². The third-order valence-corrected chi connectivity index (χ3v) is 5.29. The highest BCUT2D eigenvalue weighted by Gasteiger charge is 2.10. The van der Waals surface area contributed by atoms with Gasteiger partial charge in [-0.25, -0.2) is 0 Å². The van der Waals surface area contributed by atoms with Crippen molar-refractivity contribution in [1.29, 1.82) is 0 Å². The second kappa shape index (κ2) is 20.0. The molecule has 0 aliphatic heterocycles. The fraction of sp³-hybridized carbons (Fsp3) is 0.840. The Bertz CT molecular complexity index is 439. The fourth-order valence-corrected chi connectivity index (χ4v) is 3.63. The van der Waals surface area contributed by atoms with Crippen LogP contribution in [0.3, 0.4) is 0 Å². The molecule has 0 spiro atoms. The van der Waals surface area contributed by atoms with E-state index in [0.717, 1.165) is 64.5 Å². The van der Waals surface area contributed by atoms with Crippen molar-refractivity contribution in [1.82, 2.24) is 4.90 Å². The second-order valence-corrected chi connectivity index (χ2v) is 8.10. The van der Waals surface area contributed by atoms with Gasteiger partial charge in [0.05, 0.1) is 7.11 Å². The van der Waals surface area contributed by atoms with Gasteiger partial charge in [-0.05, 0) is 38.5 Å². The summed E-state index contributed by atoms with van der Waals surface area (Å²) >= 11 is 0. The van der Waals surface area contributed by atoms with E-state index in [1.807, 2.05) is 6.08 Å². The molecule has 4 nitrogen and oxygen atoms in total. The van der Waals surface area contributed by atoms with Gasteiger partial charge in [-0.3, -0.25) is 9.59 Å². The Balaban J connectivity index is 4.42. The van der Waals surface area contributed by atoms with E-state index in [4.69, 9.17) is 0 Å². The van der Waals surface area contributed by atoms with Gasteiger partial charge in [-0.15, -0.1) is 0 Å². The first-order valence-electron chi connectivity index (χ1n) is 12.1. The van der Waals surface area contributed by atoms with Gasteiger partial charge in [-0.2, -0.15) is 0 Å². The number of unbranched alkanes of at least 4 members (excludes halogenated alkanes) is 8. The van der Waals surface area contributed by atoms with E-state index < -0.39 is 0 Å². The lowest BCUT2D eigenvalue weighted by molar-refractivity contribution is -0.140. The summed E-state index contributed by atoms with van der Waals surface area (Å²) in [6, 6.07) is 0. The molecule has 0 unspecified atom stereocenters. The number of hydrogen-bond donors (Lipinski definition) is 0. The molecule has 170 valence electrons. The SMILES string of the molecule is CCCCCCC(=O)/C=C(\CCCCCCCCC(=O)OC)N(CCC)CCC. The predicted molar refractivity (Wildman–Crippen MR) is 123 cm³/mol. The molecule has 0 radical (unpaired) electrons. The summed E-state index contributed by atoms with van der Waals surface area (Å²) in [6.45, 7) is 8.70. The lowest BCUT2D eigenvalue weighted by Crippen LogP contribution is -2.25. The summed E-state index contributed by atoms with van der Waals surface area (Å²) in [7, 11) is 1.45. The summed E-state index contributed by atoms with van der Waals surface area (Å²) in [5.41, 5.74) is 1.25. The van der Waals surface area contributed by atoms with Gasteiger partial charge < -0.3 is 9.64 Å². The van der Waals surface area contributed by atoms with Crippen LogP contribution in [0.15, 0.2) is 11.8 Å². The number of carbonyl (C=O) groups excluding carboxylic acids is 2. The highest BCUT2D eigenvalue weighted by molar-refractivity contribution is 5.90. The Morgan fingerprint density at radius 1 is 0.690 bits per heavy atom. The van der Waals surface area contributed by atoms with Crippen molar-refractivity contribution in [2.45, 2.75) is 117 Å². The van der Waals surface area contributed by atoms with Crippen LogP contribution < -0.4 is 0 Å². The average Bonchev–Trinajstić information content (AvgIpc) is 2.71. The molecule has 0 heterocycles. The minimum Gasteiger partial charge on any atom is -0.469 e. The number of carbonyl (C=O) groups is 2. The highest BCUT2D eigenvalue weighted by atomic mass is 16.5. The van der Waals surface area contributed by atoms with E-state index in [1.165, 1.54) is 44.9 Å². The van der Waals surface area contributed by atoms with Crippen LogP contribution in [0.2, 0.25) is 0 Å². The number of ether oxygens (including phenoxy) is 1. The Hall–Kier alpha value is -1.32. The van der Waals surface area contributed by atoms with E-state index >= 15 is 0 Å². The zero-order valence-electron chi connectivity index (χ0n) is 19.8. The quantitative estimate of drug-likeness (QED) is 0.126. The Labute approximate surface area is 180 Å². The van der Waals surface area contributed by atoms with Gasteiger partial charge in [-0.1, -0.05) is 65.7 Å². The molecule has 0 atom stereocenters. The van der Waals surface area contributed by atoms with Gasteiger partial charge >= 0.3 is 5.97 Å². The number of ketones is 1. The van der Waals surface area contributed by atoms with Crippen LogP contribution >= 0.6 is 0 Å². The molecule has 0 saturated heterocycles. The Morgan fingerprint density at radius 3 is 1.76 bits per heavy atom. The van der Waals surface area contributed by atoms with Crippen LogP contribution in [-0.4, -0.2) is 36.9 Å². The van der Waals surface area contributed by atoms with E-state index in [1.54, 1.807) is 0 Å². The summed E-state index contributed by atoms with van der Waals surface area (Å²) in [5.74, 6) is 0.196. The summed E-state index contributed by atoms with van der Waals surface area (Å²) < 4.78 is 4.67. The predicted octanol–water partition coefficient (Wildman–Crippen LogP) is 6.83. The number of nitrogens with zero attached hydrogens (tertiary/aromatic N) is 1. The standard InChI is InChI=1S/C25H47NO3/c1-5-8-9-15-18-24(27)22-23(26(20-6-2)21-7-3)17-14-12-10-11-13-16-19-25(28)29-4/h22H,5-21H2,1-4H3/b23-22+. The molecular formula is C25H47NO3. The van der Waals surface area contributed by atoms with Gasteiger partial charge in [0.25, 0.3) is 0 Å². The van der Waals surface area contributed by atoms with Gasteiger partial charge in [0.2, 0.25) is 0 Å². The minimum absolute atomic E-state index is 0.105. The molecule has 0 aromatic heterocycles. The molecule has 0 rings (SSSR count). The minimum atomic E-state index is -0.105. The maximum absolute atomic E-state index is 12.5. The Kier molecular flexibility index (Phi) is 19.1. The molecular weight excluding hydrogens is 362 g/mol. The maximum atomic E-state index is 12.5. The normalized spacial score (nSPS) is 11.5. The second-order valence-electron chi connectivity index (χ2n) is 8.10. The smallest absolute Gasteiger partial charge is 0.305 e. The van der Waals surface area contributed by atoms with E-state index in [2.05, 4.69) is 30.4 Å². The van der Waals surface area contributed by atoms with E-state index in [0.29, 0.717) is 18.6 Å². The largest absolute Gasteiger partial charge is 0.469 e. The number of rotatable bonds is 20. The molecule has 0 N–H and O–H groups in total. The van der Waals surface area contributed by atoms with Crippen LogP contribution in [-0.2, 0) is 14.3 Å². The first-order valence-corrected chi connectivity index (χ1v) is 12.1. The average molecular weight is 410 g/mol. The number of allylic oxidation sites excluding steroid dienone is 2. The molecule has 0 aromatic rings. The summed E-state index contributed by atoms with van der Waals surface area (Å²) in [4.78, 5) is 26.0. The molecule has 0 bridgehead atoms. The summed E-state index contributed by atoms with van der Waals surface area (Å²) in [5, 5.41) is 0. The van der Waals surface area contributed by atoms with Crippen molar-refractivity contribution in [2.24, 2.45) is 0 Å². The monoisotopic (exact) mass is 409 g/mol. The number of hydrogen-bond acceptors (Lipinski definition) is 4. The van der Waals surface area contributed by atoms with Crippen molar-refractivity contribution in [3.05, 3.63) is 11.8 Å². The van der Waals surface area contributed by atoms with Crippen molar-refractivity contribution < 1.29 is 14.3 Å². The lowest BCUT2D eigenvalue weighted by Gasteiger charge is -2.27. The van der Waals surface area contributed by atoms with E-state index in [9.17, 15) is 9.59 Å². The molecule has 0 aliphatic rings. The molecule has 4 heteroatoms. The third kappa shape index (κ3) is 16.2. The zero-order valence-corrected chi connectivity index (χ0v) is 19.8. The molecule has 0 saturated carbocycles. The van der Waals surface area contributed by atoms with Crippen molar-refractivity contribution in [2.75, 3.05) is 20.2 Å². The fourth-order valence-electron chi connectivity index (χ4n) is 3.63. The highest BCUT2D eigenvalue weighted by Crippen LogP contribution is 2.18. The zero-order chi connectivity index (χ0) is 21.7. The van der Waals surface area contributed by atoms with Crippen molar-refractivity contribution in [3.63, 3.8) is 0 Å². The van der Waals surface area contributed by atoms with Crippen LogP contribution in [0.5, 0.6) is 0 Å². The van der Waals surface area contributed by atoms with Gasteiger partial charge in [0.1, 0.15) is 0 Å².